The third-order valence-electron chi connectivity index (χ3n) is 4.35. The number of fused-ring (bicyclic) bond motifs is 2. The van der Waals surface area contributed by atoms with Gasteiger partial charge < -0.3 is 4.42 Å². The van der Waals surface area contributed by atoms with Crippen LogP contribution in [0, 0.1) is 17.8 Å². The van der Waals surface area contributed by atoms with Crippen LogP contribution in [0.2, 0.25) is 0 Å². The lowest BCUT2D eigenvalue weighted by Crippen LogP contribution is -2.14. The zero-order valence-electron chi connectivity index (χ0n) is 11.8. The zero-order valence-corrected chi connectivity index (χ0v) is 12.7. The molecule has 2 aromatic heterocycles. The van der Waals surface area contributed by atoms with E-state index in [1.807, 2.05) is 22.2 Å². The lowest BCUT2D eigenvalue weighted by molar-refractivity contribution is 0.572. The van der Waals surface area contributed by atoms with Gasteiger partial charge in [0, 0.05) is 24.6 Å². The number of aromatic nitrogens is 1. The third kappa shape index (κ3) is 2.21. The number of thiazole rings is 1. The Morgan fingerprint density at radius 2 is 2.33 bits per heavy atom. The monoisotopic (exact) mass is 299 g/mol. The Morgan fingerprint density at radius 1 is 1.38 bits per heavy atom. The van der Waals surface area contributed by atoms with Crippen LogP contribution in [0.1, 0.15) is 12.8 Å². The molecule has 108 valence electrons. The Morgan fingerprint density at radius 3 is 3.00 bits per heavy atom. The average molecular weight is 299 g/mol. The summed E-state index contributed by atoms with van der Waals surface area (Å²) < 4.78 is 7.39. The van der Waals surface area contributed by atoms with Gasteiger partial charge in [-0.15, -0.1) is 11.3 Å². The van der Waals surface area contributed by atoms with E-state index >= 15 is 0 Å². The molecule has 0 saturated heterocycles. The highest BCUT2D eigenvalue weighted by Crippen LogP contribution is 2.42. The average Bonchev–Trinajstić information content (AvgIpc) is 3.26. The molecule has 4 nitrogen and oxygen atoms in total. The fraction of sp³-hybridized carbons (Fsp3) is 0.375. The number of rotatable bonds is 3. The molecule has 0 radical (unpaired) electrons. The number of hydrogen-bond donors (Lipinski definition) is 0. The third-order valence-corrected chi connectivity index (χ3v) is 5.26. The molecule has 21 heavy (non-hydrogen) atoms. The molecule has 0 spiro atoms. The Balaban J connectivity index is 1.68. The smallest absolute Gasteiger partial charge is 0.206 e. The van der Waals surface area contributed by atoms with E-state index in [1.54, 1.807) is 24.6 Å². The lowest BCUT2D eigenvalue weighted by atomic mass is 9.95. The summed E-state index contributed by atoms with van der Waals surface area (Å²) in [7, 11) is 1.80. The van der Waals surface area contributed by atoms with Gasteiger partial charge in [-0.1, -0.05) is 12.2 Å². The van der Waals surface area contributed by atoms with Crippen LogP contribution < -0.4 is 4.80 Å². The number of furan rings is 1. The standard InChI is InChI=1S/C16H17N3OS/c1-17-16-19(14(10-21-16)15-3-2-6-20-15)18-9-13-8-11-4-5-12(13)7-11/h2-6,9-13H,7-8H2,1H3. The summed E-state index contributed by atoms with van der Waals surface area (Å²) in [6, 6.07) is 3.85. The van der Waals surface area contributed by atoms with Crippen molar-refractivity contribution in [2.75, 3.05) is 7.05 Å². The Hall–Kier alpha value is -1.88. The van der Waals surface area contributed by atoms with E-state index in [2.05, 4.69) is 23.4 Å². The van der Waals surface area contributed by atoms with Gasteiger partial charge in [0.05, 0.1) is 6.26 Å². The predicted molar refractivity (Wildman–Crippen MR) is 84.2 cm³/mol. The SMILES string of the molecule is CN=c1scc(-c2ccco2)n1N=CC1CC2C=CC1C2. The van der Waals surface area contributed by atoms with Crippen LogP contribution in [0.4, 0.5) is 0 Å². The van der Waals surface area contributed by atoms with Gasteiger partial charge >= 0.3 is 0 Å². The van der Waals surface area contributed by atoms with Crippen LogP contribution in [0.3, 0.4) is 0 Å². The second-order valence-corrected chi connectivity index (χ2v) is 6.46. The lowest BCUT2D eigenvalue weighted by Gasteiger charge is -2.12. The molecule has 3 unspecified atom stereocenters. The predicted octanol–water partition coefficient (Wildman–Crippen LogP) is 3.39. The summed E-state index contributed by atoms with van der Waals surface area (Å²) in [5.41, 5.74) is 0.959. The fourth-order valence-corrected chi connectivity index (χ4v) is 4.09. The summed E-state index contributed by atoms with van der Waals surface area (Å²) >= 11 is 1.58. The first kappa shape index (κ1) is 12.8. The highest BCUT2D eigenvalue weighted by Gasteiger charge is 2.34. The Labute approximate surface area is 127 Å². The van der Waals surface area contributed by atoms with Crippen molar-refractivity contribution >= 4 is 17.6 Å². The summed E-state index contributed by atoms with van der Waals surface area (Å²) in [6.45, 7) is 0. The highest BCUT2D eigenvalue weighted by atomic mass is 32.1. The molecule has 0 aliphatic heterocycles. The van der Waals surface area contributed by atoms with E-state index in [1.165, 1.54) is 12.8 Å². The van der Waals surface area contributed by atoms with Gasteiger partial charge in [0.25, 0.3) is 0 Å². The minimum Gasteiger partial charge on any atom is -0.463 e. The van der Waals surface area contributed by atoms with Crippen LogP contribution in [-0.4, -0.2) is 17.9 Å². The molecule has 0 amide bonds. The molecule has 2 aliphatic rings. The number of hydrogen-bond acceptors (Lipinski definition) is 4. The van der Waals surface area contributed by atoms with Crippen LogP contribution in [0.5, 0.6) is 0 Å². The van der Waals surface area contributed by atoms with Gasteiger partial charge in [-0.3, -0.25) is 4.99 Å². The normalized spacial score (nSPS) is 28.2. The maximum absolute atomic E-state index is 5.50. The van der Waals surface area contributed by atoms with Crippen molar-refractivity contribution in [2.24, 2.45) is 27.8 Å². The van der Waals surface area contributed by atoms with Crippen LogP contribution in [0.15, 0.2) is 50.4 Å². The summed E-state index contributed by atoms with van der Waals surface area (Å²) in [6.07, 6.45) is 11.0. The molecule has 0 aromatic carbocycles. The second-order valence-electron chi connectivity index (χ2n) is 5.62. The summed E-state index contributed by atoms with van der Waals surface area (Å²) in [4.78, 5) is 5.19. The van der Waals surface area contributed by atoms with Crippen molar-refractivity contribution in [3.8, 4) is 11.5 Å². The van der Waals surface area contributed by atoms with Crippen LogP contribution in [0.25, 0.3) is 11.5 Å². The van der Waals surface area contributed by atoms with Crippen molar-refractivity contribution in [3.63, 3.8) is 0 Å². The first-order chi connectivity index (χ1) is 10.3. The minimum atomic E-state index is 0.557. The second kappa shape index (κ2) is 5.15. The van der Waals surface area contributed by atoms with Gasteiger partial charge in [0.1, 0.15) is 5.69 Å². The van der Waals surface area contributed by atoms with Crippen molar-refractivity contribution in [1.82, 2.24) is 4.68 Å². The number of nitrogens with zero attached hydrogens (tertiary/aromatic N) is 3. The van der Waals surface area contributed by atoms with Gasteiger partial charge in [0.15, 0.2) is 5.76 Å². The topological polar surface area (TPSA) is 42.8 Å². The maximum Gasteiger partial charge on any atom is 0.206 e. The zero-order chi connectivity index (χ0) is 14.2. The molecule has 0 N–H and O–H groups in total. The minimum absolute atomic E-state index is 0.557. The van der Waals surface area contributed by atoms with Gasteiger partial charge in [-0.25, -0.2) is 4.68 Å². The molecule has 1 saturated carbocycles. The number of allylic oxidation sites excluding steroid dienone is 2. The van der Waals surface area contributed by atoms with Gasteiger partial charge in [0.2, 0.25) is 4.80 Å². The van der Waals surface area contributed by atoms with Crippen LogP contribution in [-0.2, 0) is 0 Å². The molecule has 4 rings (SSSR count). The largest absolute Gasteiger partial charge is 0.463 e. The quantitative estimate of drug-likeness (QED) is 0.633. The van der Waals surface area contributed by atoms with E-state index in [9.17, 15) is 0 Å². The van der Waals surface area contributed by atoms with Gasteiger partial charge in [-0.2, -0.15) is 5.10 Å². The Bertz CT molecular complexity index is 751. The van der Waals surface area contributed by atoms with E-state index in [-0.39, 0.29) is 0 Å². The molecule has 2 heterocycles. The van der Waals surface area contributed by atoms with Gasteiger partial charge in [-0.05, 0) is 36.8 Å². The van der Waals surface area contributed by atoms with E-state index in [4.69, 9.17) is 9.52 Å². The molecule has 5 heteroatoms. The van der Waals surface area contributed by atoms with Crippen molar-refractivity contribution in [3.05, 3.63) is 40.7 Å². The van der Waals surface area contributed by atoms with Crippen molar-refractivity contribution in [1.29, 1.82) is 0 Å². The van der Waals surface area contributed by atoms with E-state index in [0.29, 0.717) is 11.8 Å². The fourth-order valence-electron chi connectivity index (χ4n) is 3.30. The summed E-state index contributed by atoms with van der Waals surface area (Å²) in [5, 5.41) is 6.75. The first-order valence-corrected chi connectivity index (χ1v) is 8.13. The van der Waals surface area contributed by atoms with Crippen molar-refractivity contribution in [2.45, 2.75) is 12.8 Å². The maximum atomic E-state index is 5.50. The molecule has 3 atom stereocenters. The molecule has 2 aromatic rings. The molecule has 1 fully saturated rings. The molecule has 2 bridgehead atoms. The molecular weight excluding hydrogens is 282 g/mol. The van der Waals surface area contributed by atoms with Crippen molar-refractivity contribution < 1.29 is 4.42 Å². The highest BCUT2D eigenvalue weighted by molar-refractivity contribution is 7.07. The van der Waals surface area contributed by atoms with Crippen LogP contribution >= 0.6 is 11.3 Å². The summed E-state index contributed by atoms with van der Waals surface area (Å²) in [5.74, 6) is 2.82. The Kier molecular flexibility index (Phi) is 3.15. The van der Waals surface area contributed by atoms with E-state index in [0.717, 1.165) is 22.2 Å². The van der Waals surface area contributed by atoms with E-state index < -0.39 is 0 Å². The molecular formula is C16H17N3OS. The first-order valence-electron chi connectivity index (χ1n) is 7.25. The molecule has 2 aliphatic carbocycles.